The smallest absolute Gasteiger partial charge is 0.269 e. The molecule has 0 spiro atoms. The number of nitrogens with one attached hydrogen (secondary N) is 2. The number of morpholine rings is 1. The zero-order valence-electron chi connectivity index (χ0n) is 13.3. The minimum Gasteiger partial charge on any atom is -0.378 e. The average Bonchev–Trinajstić information content (AvgIpc) is 2.62. The first-order valence-corrected chi connectivity index (χ1v) is 7.62. The number of aryl methyl sites for hydroxylation is 1. The Kier molecular flexibility index (Phi) is 4.85. The van der Waals surface area contributed by atoms with Gasteiger partial charge in [0.25, 0.3) is 5.91 Å². The number of carbonyl (C=O) groups excluding carboxylic acids is 1. The van der Waals surface area contributed by atoms with Gasteiger partial charge in [-0.1, -0.05) is 17.7 Å². The molecule has 1 aliphatic rings. The van der Waals surface area contributed by atoms with Crippen LogP contribution < -0.4 is 15.8 Å². The van der Waals surface area contributed by atoms with Crippen molar-refractivity contribution in [3.63, 3.8) is 0 Å². The van der Waals surface area contributed by atoms with Gasteiger partial charge in [-0.2, -0.15) is 4.98 Å². The maximum Gasteiger partial charge on any atom is 0.269 e. The molecule has 2 N–H and O–H groups in total. The second-order valence-electron chi connectivity index (χ2n) is 5.41. The Morgan fingerprint density at radius 3 is 2.67 bits per heavy atom. The van der Waals surface area contributed by atoms with Crippen molar-refractivity contribution in [2.45, 2.75) is 6.92 Å². The Morgan fingerprint density at radius 1 is 1.25 bits per heavy atom. The molecule has 2 aromatic rings. The molecule has 24 heavy (non-hydrogen) atoms. The van der Waals surface area contributed by atoms with Crippen molar-refractivity contribution >= 4 is 17.7 Å². The lowest BCUT2D eigenvalue weighted by atomic mass is 10.1. The van der Waals surface area contributed by atoms with Crippen LogP contribution >= 0.6 is 0 Å². The van der Waals surface area contributed by atoms with Crippen molar-refractivity contribution in [2.24, 2.45) is 0 Å². The van der Waals surface area contributed by atoms with Crippen molar-refractivity contribution in [2.75, 3.05) is 36.6 Å². The lowest BCUT2D eigenvalue weighted by Crippen LogP contribution is -2.38. The molecule has 1 saturated heterocycles. The van der Waals surface area contributed by atoms with Gasteiger partial charge < -0.3 is 9.64 Å². The maximum absolute atomic E-state index is 13.9. The van der Waals surface area contributed by atoms with Gasteiger partial charge in [0.05, 0.1) is 19.4 Å². The number of nitrogens with zero attached hydrogens (tertiary/aromatic N) is 3. The molecule has 1 amide bonds. The van der Waals surface area contributed by atoms with Crippen LogP contribution in [0.5, 0.6) is 0 Å². The summed E-state index contributed by atoms with van der Waals surface area (Å²) < 4.78 is 19.2. The fraction of sp³-hybridized carbons (Fsp3) is 0.312. The Hall–Kier alpha value is -2.74. The number of amides is 1. The highest BCUT2D eigenvalue weighted by molar-refractivity contribution is 5.94. The molecule has 7 nitrogen and oxygen atoms in total. The summed E-state index contributed by atoms with van der Waals surface area (Å²) in [5.74, 6) is -0.512. The summed E-state index contributed by atoms with van der Waals surface area (Å²) in [6.45, 7) is 4.11. The molecular weight excluding hydrogens is 313 g/mol. The molecule has 126 valence electrons. The monoisotopic (exact) mass is 331 g/mol. The van der Waals surface area contributed by atoms with Gasteiger partial charge in [0.1, 0.15) is 0 Å². The second-order valence-corrected chi connectivity index (χ2v) is 5.41. The zero-order chi connectivity index (χ0) is 16.9. The number of carbonyl (C=O) groups is 1. The average molecular weight is 331 g/mol. The van der Waals surface area contributed by atoms with E-state index in [1.54, 1.807) is 17.0 Å². The number of aromatic nitrogens is 2. The lowest BCUT2D eigenvalue weighted by molar-refractivity contribution is 0.0962. The molecule has 1 aromatic carbocycles. The van der Waals surface area contributed by atoms with E-state index >= 15 is 0 Å². The van der Waals surface area contributed by atoms with Crippen LogP contribution in [0.25, 0.3) is 0 Å². The lowest BCUT2D eigenvalue weighted by Gasteiger charge is -2.28. The summed E-state index contributed by atoms with van der Waals surface area (Å²) in [5.41, 5.74) is 6.69. The molecule has 3 rings (SSSR count). The summed E-state index contributed by atoms with van der Waals surface area (Å²) in [7, 11) is 0. The van der Waals surface area contributed by atoms with Crippen LogP contribution in [0.15, 0.2) is 30.5 Å². The highest BCUT2D eigenvalue weighted by atomic mass is 19.1. The summed E-state index contributed by atoms with van der Waals surface area (Å²) in [5, 5.41) is 0. The van der Waals surface area contributed by atoms with Gasteiger partial charge in [-0.25, -0.2) is 9.37 Å². The zero-order valence-corrected chi connectivity index (χ0v) is 13.3. The van der Waals surface area contributed by atoms with Crippen molar-refractivity contribution in [1.29, 1.82) is 0 Å². The molecule has 0 bridgehead atoms. The van der Waals surface area contributed by atoms with Gasteiger partial charge in [0.2, 0.25) is 5.95 Å². The third kappa shape index (κ3) is 3.77. The van der Waals surface area contributed by atoms with Crippen molar-refractivity contribution in [3.8, 4) is 0 Å². The summed E-state index contributed by atoms with van der Waals surface area (Å²) in [6, 6.07) is 7.13. The Balaban J connectivity index is 1.66. The SMILES string of the molecule is Cc1ccc(C(=O)NNc2ncc(F)c(N3CCOCC3)n2)cc1. The van der Waals surface area contributed by atoms with Crippen LogP contribution in [0.4, 0.5) is 16.2 Å². The third-order valence-electron chi connectivity index (χ3n) is 3.64. The maximum atomic E-state index is 13.9. The normalized spacial score (nSPS) is 14.3. The van der Waals surface area contributed by atoms with Gasteiger partial charge in [-0.3, -0.25) is 15.6 Å². The molecule has 0 unspecified atom stereocenters. The second kappa shape index (κ2) is 7.22. The number of hydrogen-bond acceptors (Lipinski definition) is 6. The predicted octanol–water partition coefficient (Wildman–Crippen LogP) is 1.52. The number of hydrogen-bond donors (Lipinski definition) is 2. The number of anilines is 2. The molecule has 1 fully saturated rings. The van der Waals surface area contributed by atoms with Gasteiger partial charge in [0, 0.05) is 18.7 Å². The first kappa shape index (κ1) is 16.1. The molecule has 8 heteroatoms. The van der Waals surface area contributed by atoms with E-state index in [0.29, 0.717) is 31.9 Å². The summed E-state index contributed by atoms with van der Waals surface area (Å²) in [6.07, 6.45) is 1.08. The highest BCUT2D eigenvalue weighted by Crippen LogP contribution is 2.18. The van der Waals surface area contributed by atoms with Gasteiger partial charge in [0.15, 0.2) is 11.6 Å². The number of ether oxygens (including phenoxy) is 1. The van der Waals surface area contributed by atoms with Crippen LogP contribution in [0.3, 0.4) is 0 Å². The van der Waals surface area contributed by atoms with Crippen molar-refractivity contribution in [1.82, 2.24) is 15.4 Å². The Bertz CT molecular complexity index is 717. The topological polar surface area (TPSA) is 79.4 Å². The van der Waals surface area contributed by atoms with Crippen LogP contribution in [0.2, 0.25) is 0 Å². The summed E-state index contributed by atoms with van der Waals surface area (Å²) in [4.78, 5) is 21.8. The van der Waals surface area contributed by atoms with Crippen LogP contribution in [-0.4, -0.2) is 42.2 Å². The minimum atomic E-state index is -0.507. The van der Waals surface area contributed by atoms with E-state index in [2.05, 4.69) is 20.8 Å². The van der Waals surface area contributed by atoms with E-state index in [0.717, 1.165) is 11.8 Å². The Labute approximate surface area is 138 Å². The van der Waals surface area contributed by atoms with E-state index in [-0.39, 0.29) is 17.7 Å². The molecular formula is C16H18FN5O2. The molecule has 1 aromatic heterocycles. The molecule has 0 radical (unpaired) electrons. The van der Waals surface area contributed by atoms with E-state index < -0.39 is 5.82 Å². The largest absolute Gasteiger partial charge is 0.378 e. The van der Waals surface area contributed by atoms with E-state index in [1.807, 2.05) is 19.1 Å². The summed E-state index contributed by atoms with van der Waals surface area (Å²) >= 11 is 0. The number of rotatable bonds is 4. The Morgan fingerprint density at radius 2 is 1.96 bits per heavy atom. The minimum absolute atomic E-state index is 0.123. The number of benzene rings is 1. The number of hydrazine groups is 1. The van der Waals surface area contributed by atoms with E-state index in [1.165, 1.54) is 0 Å². The fourth-order valence-electron chi connectivity index (χ4n) is 2.31. The third-order valence-corrected chi connectivity index (χ3v) is 3.64. The van der Waals surface area contributed by atoms with Gasteiger partial charge in [-0.05, 0) is 19.1 Å². The molecule has 2 heterocycles. The van der Waals surface area contributed by atoms with E-state index in [9.17, 15) is 9.18 Å². The quantitative estimate of drug-likeness (QED) is 0.827. The van der Waals surface area contributed by atoms with Crippen molar-refractivity contribution < 1.29 is 13.9 Å². The standard InChI is InChI=1S/C16H18FN5O2/c1-11-2-4-12(5-3-11)15(23)20-21-16-18-10-13(17)14(19-16)22-6-8-24-9-7-22/h2-5,10H,6-9H2,1H3,(H,20,23)(H,18,19,21). The molecule has 0 aliphatic carbocycles. The molecule has 0 saturated carbocycles. The van der Waals surface area contributed by atoms with Crippen LogP contribution in [0, 0.1) is 12.7 Å². The first-order valence-electron chi connectivity index (χ1n) is 7.62. The van der Waals surface area contributed by atoms with E-state index in [4.69, 9.17) is 4.74 Å². The van der Waals surface area contributed by atoms with Crippen molar-refractivity contribution in [3.05, 3.63) is 47.4 Å². The predicted molar refractivity (Wildman–Crippen MR) is 87.3 cm³/mol. The van der Waals surface area contributed by atoms with Crippen LogP contribution in [-0.2, 0) is 4.74 Å². The first-order chi connectivity index (χ1) is 11.6. The molecule has 1 aliphatic heterocycles. The highest BCUT2D eigenvalue weighted by Gasteiger charge is 2.18. The fourth-order valence-corrected chi connectivity index (χ4v) is 2.31. The molecule has 0 atom stereocenters. The van der Waals surface area contributed by atoms with Gasteiger partial charge in [-0.15, -0.1) is 0 Å². The van der Waals surface area contributed by atoms with Gasteiger partial charge >= 0.3 is 0 Å². The van der Waals surface area contributed by atoms with Crippen LogP contribution in [0.1, 0.15) is 15.9 Å². The number of halogens is 1.